The van der Waals surface area contributed by atoms with E-state index in [0.29, 0.717) is 6.54 Å². The Kier molecular flexibility index (Phi) is 6.74. The fourth-order valence-corrected chi connectivity index (χ4v) is 1.50. The van der Waals surface area contributed by atoms with Gasteiger partial charge in [-0.2, -0.15) is 0 Å². The van der Waals surface area contributed by atoms with Gasteiger partial charge in [-0.3, -0.25) is 4.99 Å². The molecule has 0 saturated heterocycles. The highest BCUT2D eigenvalue weighted by Crippen LogP contribution is 2.13. The Balaban J connectivity index is 2.98. The molecule has 0 aliphatic heterocycles. The number of carbonyl (C=O) groups is 1. The van der Waals surface area contributed by atoms with Gasteiger partial charge in [0.15, 0.2) is 0 Å². The Morgan fingerprint density at radius 1 is 1.29 bits per heavy atom. The number of rotatable bonds is 6. The van der Waals surface area contributed by atoms with E-state index >= 15 is 0 Å². The number of aliphatic imine (C=N–C) groups is 1. The Hall–Kier alpha value is -2.56. The number of aliphatic hydroxyl groups excluding tert-OH is 1. The van der Waals surface area contributed by atoms with Gasteiger partial charge in [-0.1, -0.05) is 18.2 Å². The molecule has 0 atom stereocenters. The van der Waals surface area contributed by atoms with Gasteiger partial charge in [0, 0.05) is 12.8 Å². The van der Waals surface area contributed by atoms with Crippen LogP contribution in [0.4, 0.5) is 0 Å². The Morgan fingerprint density at radius 3 is 2.48 bits per heavy atom. The molecule has 0 radical (unpaired) electrons. The average Bonchev–Trinajstić information content (AvgIpc) is 2.53. The molecule has 0 heterocycles. The van der Waals surface area contributed by atoms with Gasteiger partial charge in [-0.25, -0.2) is 4.79 Å². The lowest BCUT2D eigenvalue weighted by Gasteiger charge is -2.02. The van der Waals surface area contributed by atoms with Crippen LogP contribution >= 0.6 is 0 Å². The number of methoxy groups -OCH3 is 2. The van der Waals surface area contributed by atoms with Crippen molar-refractivity contribution in [2.45, 2.75) is 6.92 Å². The van der Waals surface area contributed by atoms with Gasteiger partial charge in [-0.15, -0.1) is 0 Å². The van der Waals surface area contributed by atoms with Crippen LogP contribution in [0.3, 0.4) is 0 Å². The second-order valence-electron chi connectivity index (χ2n) is 4.02. The molecule has 112 valence electrons. The summed E-state index contributed by atoms with van der Waals surface area (Å²) in [5.41, 5.74) is 0.878. The molecule has 5 heteroatoms. The van der Waals surface area contributed by atoms with Crippen LogP contribution in [-0.4, -0.2) is 38.1 Å². The summed E-state index contributed by atoms with van der Waals surface area (Å²) in [6.45, 7) is 2.34. The maximum absolute atomic E-state index is 11.6. The van der Waals surface area contributed by atoms with Gasteiger partial charge in [-0.05, 0) is 30.7 Å². The summed E-state index contributed by atoms with van der Waals surface area (Å²) in [5.74, 6) is -0.0869. The first-order valence-electron chi connectivity index (χ1n) is 6.45. The van der Waals surface area contributed by atoms with Crippen LogP contribution in [-0.2, 0) is 9.53 Å². The number of ether oxygens (including phenoxy) is 2. The molecule has 1 aromatic carbocycles. The van der Waals surface area contributed by atoms with E-state index in [1.165, 1.54) is 19.4 Å². The van der Waals surface area contributed by atoms with Crippen LogP contribution in [0, 0.1) is 0 Å². The van der Waals surface area contributed by atoms with E-state index in [1.54, 1.807) is 25.3 Å². The highest BCUT2D eigenvalue weighted by molar-refractivity contribution is 6.10. The Labute approximate surface area is 124 Å². The number of hydrogen-bond donors (Lipinski definition) is 1. The number of hydrogen-bond acceptors (Lipinski definition) is 5. The highest BCUT2D eigenvalue weighted by Gasteiger charge is 2.11. The van der Waals surface area contributed by atoms with Crippen molar-refractivity contribution in [2.75, 3.05) is 20.8 Å². The monoisotopic (exact) mass is 289 g/mol. The molecule has 1 rings (SSSR count). The second kappa shape index (κ2) is 8.58. The molecular weight excluding hydrogens is 270 g/mol. The van der Waals surface area contributed by atoms with Crippen LogP contribution < -0.4 is 4.74 Å². The Bertz CT molecular complexity index is 556. The third-order valence-corrected chi connectivity index (χ3v) is 2.63. The molecule has 0 unspecified atom stereocenters. The molecule has 0 amide bonds. The number of benzene rings is 1. The zero-order chi connectivity index (χ0) is 15.7. The number of aliphatic hydroxyl groups is 1. The van der Waals surface area contributed by atoms with Gasteiger partial charge in [0.25, 0.3) is 0 Å². The van der Waals surface area contributed by atoms with Gasteiger partial charge in [0.05, 0.1) is 14.2 Å². The second-order valence-corrected chi connectivity index (χ2v) is 4.02. The Morgan fingerprint density at radius 2 is 1.95 bits per heavy atom. The minimum atomic E-state index is -0.635. The molecule has 0 aliphatic rings. The standard InChI is InChI=1S/C16H19NO4/c1-4-17-11-14(16(19)21-3)15(18)10-7-12-5-8-13(20-2)9-6-12/h5-11,18H,4H2,1-3H3/b10-7+,15-14?,17-11?. The van der Waals surface area contributed by atoms with Gasteiger partial charge < -0.3 is 14.6 Å². The highest BCUT2D eigenvalue weighted by atomic mass is 16.5. The van der Waals surface area contributed by atoms with Crippen molar-refractivity contribution in [3.8, 4) is 5.75 Å². The molecule has 21 heavy (non-hydrogen) atoms. The normalized spacial score (nSPS) is 12.5. The molecule has 1 N–H and O–H groups in total. The maximum Gasteiger partial charge on any atom is 0.343 e. The summed E-state index contributed by atoms with van der Waals surface area (Å²) < 4.78 is 9.68. The molecule has 5 nitrogen and oxygen atoms in total. The van der Waals surface area contributed by atoms with E-state index < -0.39 is 5.97 Å². The van der Waals surface area contributed by atoms with E-state index in [9.17, 15) is 9.90 Å². The number of allylic oxidation sites excluding steroid dienone is 1. The quantitative estimate of drug-likeness (QED) is 0.287. The van der Waals surface area contributed by atoms with Crippen molar-refractivity contribution in [3.05, 3.63) is 47.2 Å². The fraction of sp³-hybridized carbons (Fsp3) is 0.250. The lowest BCUT2D eigenvalue weighted by Crippen LogP contribution is -2.08. The molecule has 0 fully saturated rings. The lowest BCUT2D eigenvalue weighted by atomic mass is 10.1. The molecule has 0 spiro atoms. The molecule has 0 aromatic heterocycles. The first kappa shape index (κ1) is 16.5. The third kappa shape index (κ3) is 5.14. The summed E-state index contributed by atoms with van der Waals surface area (Å²) >= 11 is 0. The van der Waals surface area contributed by atoms with E-state index in [4.69, 9.17) is 4.74 Å². The molecule has 0 saturated carbocycles. The van der Waals surface area contributed by atoms with Crippen LogP contribution in [0.2, 0.25) is 0 Å². The average molecular weight is 289 g/mol. The number of carbonyl (C=O) groups excluding carboxylic acids is 1. The molecule has 0 bridgehead atoms. The van der Waals surface area contributed by atoms with Crippen LogP contribution in [0.25, 0.3) is 6.08 Å². The van der Waals surface area contributed by atoms with Crippen molar-refractivity contribution >= 4 is 18.3 Å². The first-order chi connectivity index (χ1) is 10.1. The van der Waals surface area contributed by atoms with E-state index in [0.717, 1.165) is 11.3 Å². The first-order valence-corrected chi connectivity index (χ1v) is 6.45. The van der Waals surface area contributed by atoms with Crippen molar-refractivity contribution in [3.63, 3.8) is 0 Å². The lowest BCUT2D eigenvalue weighted by molar-refractivity contribution is -0.135. The van der Waals surface area contributed by atoms with Gasteiger partial charge >= 0.3 is 5.97 Å². The van der Waals surface area contributed by atoms with E-state index in [2.05, 4.69) is 9.73 Å². The van der Waals surface area contributed by atoms with Crippen molar-refractivity contribution in [1.82, 2.24) is 0 Å². The van der Waals surface area contributed by atoms with Gasteiger partial charge in [0.2, 0.25) is 0 Å². The predicted molar refractivity (Wildman–Crippen MR) is 82.7 cm³/mol. The fourth-order valence-electron chi connectivity index (χ4n) is 1.50. The molecule has 1 aromatic rings. The topological polar surface area (TPSA) is 68.1 Å². The summed E-state index contributed by atoms with van der Waals surface area (Å²) in [7, 11) is 2.84. The largest absolute Gasteiger partial charge is 0.507 e. The zero-order valence-corrected chi connectivity index (χ0v) is 12.4. The van der Waals surface area contributed by atoms with E-state index in [1.807, 2.05) is 19.1 Å². The van der Waals surface area contributed by atoms with Crippen LogP contribution in [0.15, 0.2) is 46.7 Å². The van der Waals surface area contributed by atoms with Crippen molar-refractivity contribution < 1.29 is 19.4 Å². The number of esters is 1. The molecular formula is C16H19NO4. The summed E-state index contributed by atoms with van der Waals surface area (Å²) in [6.07, 6.45) is 4.41. The van der Waals surface area contributed by atoms with Crippen molar-refractivity contribution in [2.24, 2.45) is 4.99 Å². The molecule has 0 aliphatic carbocycles. The van der Waals surface area contributed by atoms with Crippen molar-refractivity contribution in [1.29, 1.82) is 0 Å². The minimum Gasteiger partial charge on any atom is -0.507 e. The summed E-state index contributed by atoms with van der Waals surface area (Å²) in [4.78, 5) is 15.5. The summed E-state index contributed by atoms with van der Waals surface area (Å²) in [6, 6.07) is 7.28. The van der Waals surface area contributed by atoms with E-state index in [-0.39, 0.29) is 11.3 Å². The maximum atomic E-state index is 11.6. The number of nitrogens with zero attached hydrogens (tertiary/aromatic N) is 1. The summed E-state index contributed by atoms with van der Waals surface area (Å²) in [5, 5.41) is 9.98. The van der Waals surface area contributed by atoms with Crippen LogP contribution in [0.1, 0.15) is 12.5 Å². The predicted octanol–water partition coefficient (Wildman–Crippen LogP) is 2.78. The minimum absolute atomic E-state index is 0.0177. The smallest absolute Gasteiger partial charge is 0.343 e. The zero-order valence-electron chi connectivity index (χ0n) is 12.4. The SMILES string of the molecule is CCN=CC(C(=O)OC)=C(O)/C=C/c1ccc(OC)cc1. The van der Waals surface area contributed by atoms with Crippen LogP contribution in [0.5, 0.6) is 5.75 Å². The van der Waals surface area contributed by atoms with Gasteiger partial charge in [0.1, 0.15) is 17.1 Å². The third-order valence-electron chi connectivity index (χ3n) is 2.63.